The number of carbonyl (C=O) groups excluding carboxylic acids is 3. The molecule has 5 fully saturated rings. The molecule has 0 unspecified atom stereocenters. The number of nitrogens with one attached hydrogen (secondary N) is 5. The van der Waals surface area contributed by atoms with Crippen LogP contribution in [0.25, 0.3) is 94.2 Å². The number of aromatic amines is 1. The Hall–Kier alpha value is -13.0. The van der Waals surface area contributed by atoms with Gasteiger partial charge < -0.3 is 69.8 Å². The number of hydrogen-bond donors (Lipinski definition) is 5. The third-order valence-electron chi connectivity index (χ3n) is 22.4. The van der Waals surface area contributed by atoms with Crippen molar-refractivity contribution in [1.82, 2.24) is 118 Å². The number of nitriles is 1. The van der Waals surface area contributed by atoms with E-state index in [1.165, 1.54) is 64.6 Å². The van der Waals surface area contributed by atoms with Crippen molar-refractivity contribution in [2.45, 2.75) is 59.3 Å². The first-order chi connectivity index (χ1) is 64.3. The van der Waals surface area contributed by atoms with Gasteiger partial charge >= 0.3 is 5.97 Å². The summed E-state index contributed by atoms with van der Waals surface area (Å²) < 4.78 is 11.2. The molecule has 0 spiro atoms. The van der Waals surface area contributed by atoms with Gasteiger partial charge in [-0.2, -0.15) is 25.1 Å². The van der Waals surface area contributed by atoms with Crippen molar-refractivity contribution in [3.05, 3.63) is 198 Å². The SMILES string of the molecule is C=C=N.C=COOCC.CCOC(=O)c1cc2cnc(N3CCCN(C)CC3)nc2n2c1nc1ccccc12.CCc1nc2ccccc2[nH]1.CN1CCCN(c2ncc3cc(C#N)c4nc5ccccc5n4c3n2)CC1.CN1CCCNCC1.CN1CCCNCC1.CNC(=O)c1cc2cnc(N3CCCN(C)CC3)nc2n2c1nc1ccccc12.O=Cc1cnc(Cl)nc1Cl. The number of para-hydroxylation sites is 8. The molecule has 0 radical (unpaired) electrons. The van der Waals surface area contributed by atoms with Crippen LogP contribution in [0.3, 0.4) is 0 Å². The van der Waals surface area contributed by atoms with Crippen LogP contribution in [-0.2, 0) is 20.9 Å². The third-order valence-corrected chi connectivity index (χ3v) is 22.9. The molecule has 692 valence electrons. The van der Waals surface area contributed by atoms with Crippen molar-refractivity contribution < 1.29 is 28.9 Å². The molecule has 20 rings (SSSR count). The molecular weight excluding hydrogens is 1710 g/mol. The van der Waals surface area contributed by atoms with E-state index in [2.05, 4.69) is 166 Å². The Morgan fingerprint density at radius 1 is 0.500 bits per heavy atom. The smallest absolute Gasteiger partial charge is 0.341 e. The van der Waals surface area contributed by atoms with Crippen molar-refractivity contribution in [3.8, 4) is 6.07 Å². The highest BCUT2D eigenvalue weighted by molar-refractivity contribution is 6.33. The lowest BCUT2D eigenvalue weighted by Gasteiger charge is -2.20. The number of aromatic nitrogens is 16. The number of aldehydes is 1. The van der Waals surface area contributed by atoms with Gasteiger partial charge in [-0.1, -0.05) is 73.6 Å². The van der Waals surface area contributed by atoms with Crippen molar-refractivity contribution in [2.75, 3.05) is 201 Å². The monoisotopic (exact) mass is 1830 g/mol. The number of rotatable bonds is 11. The van der Waals surface area contributed by atoms with Gasteiger partial charge in [-0.3, -0.25) is 28.2 Å². The number of halogens is 2. The predicted octanol–water partition coefficient (Wildman–Crippen LogP) is 12.2. The number of ether oxygens (including phenoxy) is 1. The molecular formula is C95H117Cl2N29O6. The minimum atomic E-state index is -0.390. The van der Waals surface area contributed by atoms with E-state index in [0.29, 0.717) is 59.1 Å². The van der Waals surface area contributed by atoms with Gasteiger partial charge in [-0.05, 0) is 218 Å². The Morgan fingerprint density at radius 2 is 0.924 bits per heavy atom. The Balaban J connectivity index is 0.000000145. The number of likely N-dealkylation sites (N-methyl/N-ethyl adjacent to an activating group) is 5. The van der Waals surface area contributed by atoms with Crippen LogP contribution < -0.4 is 30.7 Å². The summed E-state index contributed by atoms with van der Waals surface area (Å²) in [6.45, 7) is 34.1. The molecule has 5 aliphatic heterocycles. The van der Waals surface area contributed by atoms with Crippen LogP contribution in [0.5, 0.6) is 0 Å². The number of hydrogen-bond acceptors (Lipinski definition) is 30. The fraction of sp³-hybridized carbons (Fsp3) is 0.389. The van der Waals surface area contributed by atoms with Crippen LogP contribution in [-0.4, -0.2) is 313 Å². The van der Waals surface area contributed by atoms with E-state index in [4.69, 9.17) is 58.3 Å². The summed E-state index contributed by atoms with van der Waals surface area (Å²) in [5, 5.41) is 27.4. The molecule has 4 aromatic carbocycles. The maximum Gasteiger partial charge on any atom is 0.341 e. The number of anilines is 3. The molecule has 11 aromatic heterocycles. The summed E-state index contributed by atoms with van der Waals surface area (Å²) in [5.41, 5.74) is 13.3. The number of H-pyrrole nitrogens is 1. The topological polar surface area (TPSA) is 372 Å². The van der Waals surface area contributed by atoms with Gasteiger partial charge in [-0.25, -0.2) is 49.7 Å². The van der Waals surface area contributed by atoms with Gasteiger partial charge in [0.2, 0.25) is 23.1 Å². The van der Waals surface area contributed by atoms with E-state index in [9.17, 15) is 19.6 Å². The molecule has 0 saturated carbocycles. The largest absolute Gasteiger partial charge is 0.462 e. The Morgan fingerprint density at radius 3 is 1.35 bits per heavy atom. The molecule has 37 heteroatoms. The number of imidazole rings is 4. The summed E-state index contributed by atoms with van der Waals surface area (Å²) in [4.78, 5) is 120. The van der Waals surface area contributed by atoms with Gasteiger partial charge in [-0.15, -0.1) is 0 Å². The zero-order valence-corrected chi connectivity index (χ0v) is 78.1. The first-order valence-electron chi connectivity index (χ1n) is 44.5. The molecule has 0 atom stereocenters. The third kappa shape index (κ3) is 25.6. The van der Waals surface area contributed by atoms with E-state index < -0.39 is 0 Å². The fourth-order valence-electron chi connectivity index (χ4n) is 15.5. The Labute approximate surface area is 777 Å². The average molecular weight is 1830 g/mol. The molecule has 15 aromatic rings. The number of aryl methyl sites for hydroxylation is 1. The van der Waals surface area contributed by atoms with Crippen LogP contribution in [0.2, 0.25) is 10.4 Å². The molecule has 5 saturated heterocycles. The first kappa shape index (κ1) is 98.1. The van der Waals surface area contributed by atoms with Gasteiger partial charge in [0, 0.05) is 139 Å². The number of nitrogens with zero attached hydrogens (tertiary/aromatic N) is 24. The standard InChI is InChI=1S/C22H24N6O2.C21H23N7O.C20H19N7.C9H10N2.2C6H14N2.C5H2Cl2N2O.C4H8O2.C2H3N/c1-3-30-21(29)16-13-15-14-23-22(27-10-6-9-26(2)11-12-27)25-19(15)28-18-8-5-4-7-17(18)24-20(16)28;1-22-20(29)15-12-14-13-23-21(27-9-5-8-26(2)10-11-27)25-18(14)28-17-7-4-3-6-16(17)24-19(15)28;1-25-7-4-8-26(10-9-25)20-22-13-15-11-14(12-21)18-23-16-5-2-3-6-17(16)27(18)19(15)24-20;1-2-9-10-7-5-3-4-6-8(7)11-9;2*1-8-5-2-3-7-4-6-8;6-4-3(2-10)1-8-5(7)9-4;1-3-5-6-4-2;1-2-3/h4-5,7-8,13-14H,3,6,9-12H2,1-2H3;3-4,6-7,12-13H,5,8-11H2,1-2H3,(H,22,29);2-3,5-6,11,13H,4,7-10H2,1H3;3-6H,2H2,1H3,(H,10,11);2*7H,2-6H2,1H3;1-2H;3H,1,4H2,2H3;3H,1H2. The minimum Gasteiger partial charge on any atom is -0.462 e. The van der Waals surface area contributed by atoms with E-state index in [1.807, 2.05) is 142 Å². The maximum atomic E-state index is 12.6. The van der Waals surface area contributed by atoms with E-state index >= 15 is 0 Å². The lowest BCUT2D eigenvalue weighted by atomic mass is 10.2. The van der Waals surface area contributed by atoms with Gasteiger partial charge in [0.25, 0.3) is 5.91 Å². The molecule has 5 aliphatic rings. The molecule has 5 N–H and O–H groups in total. The number of fused-ring (bicyclic) bond motifs is 16. The van der Waals surface area contributed by atoms with Crippen molar-refractivity contribution in [1.29, 1.82) is 10.7 Å². The van der Waals surface area contributed by atoms with Crippen LogP contribution in [0, 0.1) is 16.7 Å². The average Bonchev–Trinajstić information content (AvgIpc) is 1.57. The number of carbonyl (C=O) groups is 3. The zero-order valence-electron chi connectivity index (χ0n) is 76.6. The number of benzene rings is 4. The number of esters is 1. The van der Waals surface area contributed by atoms with Crippen LogP contribution in [0.15, 0.2) is 159 Å². The Bertz CT molecular complexity index is 6410. The van der Waals surface area contributed by atoms with E-state index in [-0.39, 0.29) is 27.9 Å². The summed E-state index contributed by atoms with van der Waals surface area (Å²) in [5.74, 6) is 4.42. The van der Waals surface area contributed by atoms with Crippen LogP contribution >= 0.6 is 23.2 Å². The van der Waals surface area contributed by atoms with Gasteiger partial charge in [0.05, 0.1) is 74.0 Å². The minimum absolute atomic E-state index is 0.0376. The van der Waals surface area contributed by atoms with Crippen LogP contribution in [0.1, 0.15) is 95.3 Å². The lowest BCUT2D eigenvalue weighted by Crippen LogP contribution is -2.30. The highest BCUT2D eigenvalue weighted by atomic mass is 35.5. The van der Waals surface area contributed by atoms with Crippen molar-refractivity contribution >= 4 is 159 Å². The van der Waals surface area contributed by atoms with Crippen molar-refractivity contribution in [3.63, 3.8) is 0 Å². The molecule has 0 aliphatic carbocycles. The quantitative estimate of drug-likeness (QED) is 0.00924. The maximum absolute atomic E-state index is 12.6. The fourth-order valence-corrected chi connectivity index (χ4v) is 15.9. The predicted molar refractivity (Wildman–Crippen MR) is 524 cm³/mol. The lowest BCUT2D eigenvalue weighted by molar-refractivity contribution is -0.244. The van der Waals surface area contributed by atoms with Crippen LogP contribution in [0.4, 0.5) is 17.8 Å². The summed E-state index contributed by atoms with van der Waals surface area (Å²) >= 11 is 10.8. The number of pyridine rings is 3. The first-order valence-corrected chi connectivity index (χ1v) is 45.3. The van der Waals surface area contributed by atoms with Gasteiger partial charge in [0.1, 0.15) is 28.9 Å². The molecule has 132 heavy (non-hydrogen) atoms. The highest BCUT2D eigenvalue weighted by Gasteiger charge is 2.26. The zero-order chi connectivity index (χ0) is 93.4. The molecule has 35 nitrogen and oxygen atoms in total. The van der Waals surface area contributed by atoms with Gasteiger partial charge in [0.15, 0.2) is 40.2 Å². The highest BCUT2D eigenvalue weighted by Crippen LogP contribution is 2.31. The second-order valence-corrected chi connectivity index (χ2v) is 32.6. The Kier molecular flexibility index (Phi) is 36.7. The second-order valence-electron chi connectivity index (χ2n) is 31.9. The molecule has 0 bridgehead atoms. The van der Waals surface area contributed by atoms with E-state index in [1.54, 1.807) is 32.1 Å². The molecule has 1 amide bonds. The summed E-state index contributed by atoms with van der Waals surface area (Å²) in [7, 11) is 12.4. The summed E-state index contributed by atoms with van der Waals surface area (Å²) in [6.07, 6.45) is 15.3. The summed E-state index contributed by atoms with van der Waals surface area (Å²) in [6, 6.07) is 39.4. The molecule has 16 heterocycles. The second kappa shape index (κ2) is 49.3. The normalized spacial score (nSPS) is 15.4. The van der Waals surface area contributed by atoms with Crippen molar-refractivity contribution in [2.24, 2.45) is 0 Å². The van der Waals surface area contributed by atoms with E-state index in [0.717, 1.165) is 212 Å². The number of amides is 1.